The second-order valence-corrected chi connectivity index (χ2v) is 6.34. The maximum Gasteiger partial charge on any atom is 0.251 e. The SMILES string of the molecule is CCNS(=O)(=O)CCNC(=O)c1cc(CC)nc(NC)c1. The number of amides is 1. The maximum absolute atomic E-state index is 12.0. The molecule has 0 fully saturated rings. The third-order valence-electron chi connectivity index (χ3n) is 2.78. The van der Waals surface area contributed by atoms with Gasteiger partial charge >= 0.3 is 0 Å². The number of carbonyl (C=O) groups is 1. The average molecular weight is 314 g/mol. The van der Waals surface area contributed by atoms with Crippen LogP contribution in [-0.4, -0.2) is 45.2 Å². The summed E-state index contributed by atoms with van der Waals surface area (Å²) in [5.41, 5.74) is 1.26. The number of sulfonamides is 1. The lowest BCUT2D eigenvalue weighted by Crippen LogP contribution is -2.34. The Hall–Kier alpha value is -1.67. The lowest BCUT2D eigenvalue weighted by molar-refractivity contribution is 0.0956. The first-order valence-corrected chi connectivity index (χ1v) is 8.51. The molecule has 0 spiro atoms. The zero-order valence-corrected chi connectivity index (χ0v) is 13.4. The van der Waals surface area contributed by atoms with Gasteiger partial charge in [0.2, 0.25) is 10.0 Å². The van der Waals surface area contributed by atoms with Gasteiger partial charge in [0.15, 0.2) is 0 Å². The molecule has 1 aromatic rings. The minimum absolute atomic E-state index is 0.0623. The summed E-state index contributed by atoms with van der Waals surface area (Å²) in [6, 6.07) is 3.34. The van der Waals surface area contributed by atoms with Crippen LogP contribution in [0.5, 0.6) is 0 Å². The molecule has 0 radical (unpaired) electrons. The highest BCUT2D eigenvalue weighted by atomic mass is 32.2. The van der Waals surface area contributed by atoms with E-state index in [1.54, 1.807) is 26.1 Å². The van der Waals surface area contributed by atoms with Crippen molar-refractivity contribution in [3.8, 4) is 0 Å². The summed E-state index contributed by atoms with van der Waals surface area (Å²) in [6.07, 6.45) is 0.713. The molecule has 21 heavy (non-hydrogen) atoms. The van der Waals surface area contributed by atoms with Gasteiger partial charge in [-0.15, -0.1) is 0 Å². The number of aryl methyl sites for hydroxylation is 1. The first kappa shape index (κ1) is 17.4. The number of rotatable bonds is 8. The number of aromatic nitrogens is 1. The number of hydrogen-bond acceptors (Lipinski definition) is 5. The molecule has 1 aromatic heterocycles. The zero-order valence-electron chi connectivity index (χ0n) is 12.6. The van der Waals surface area contributed by atoms with E-state index in [9.17, 15) is 13.2 Å². The number of hydrogen-bond donors (Lipinski definition) is 3. The smallest absolute Gasteiger partial charge is 0.251 e. The molecular weight excluding hydrogens is 292 g/mol. The van der Waals surface area contributed by atoms with Crippen LogP contribution in [0.2, 0.25) is 0 Å². The maximum atomic E-state index is 12.0. The van der Waals surface area contributed by atoms with Crippen molar-refractivity contribution < 1.29 is 13.2 Å². The molecule has 0 bridgehead atoms. The Morgan fingerprint density at radius 2 is 2.00 bits per heavy atom. The highest BCUT2D eigenvalue weighted by Gasteiger charge is 2.12. The fraction of sp³-hybridized carbons (Fsp3) is 0.538. The van der Waals surface area contributed by atoms with Crippen LogP contribution in [-0.2, 0) is 16.4 Å². The van der Waals surface area contributed by atoms with Gasteiger partial charge in [-0.2, -0.15) is 0 Å². The highest BCUT2D eigenvalue weighted by Crippen LogP contribution is 2.10. The molecule has 8 heteroatoms. The van der Waals surface area contributed by atoms with Crippen molar-refractivity contribution in [1.29, 1.82) is 0 Å². The van der Waals surface area contributed by atoms with Crippen molar-refractivity contribution in [3.05, 3.63) is 23.4 Å². The molecule has 0 aromatic carbocycles. The van der Waals surface area contributed by atoms with Crippen LogP contribution >= 0.6 is 0 Å². The molecule has 0 unspecified atom stereocenters. The molecule has 3 N–H and O–H groups in total. The number of carbonyl (C=O) groups excluding carboxylic acids is 1. The van der Waals surface area contributed by atoms with Crippen LogP contribution in [0, 0.1) is 0 Å². The van der Waals surface area contributed by atoms with E-state index in [0.717, 1.165) is 5.69 Å². The molecule has 0 saturated carbocycles. The summed E-state index contributed by atoms with van der Waals surface area (Å²) in [7, 11) is -1.60. The van der Waals surface area contributed by atoms with E-state index in [1.807, 2.05) is 6.92 Å². The van der Waals surface area contributed by atoms with Gasteiger partial charge in [-0.05, 0) is 18.6 Å². The summed E-state index contributed by atoms with van der Waals surface area (Å²) in [5, 5.41) is 5.50. The van der Waals surface area contributed by atoms with Gasteiger partial charge in [-0.3, -0.25) is 4.79 Å². The van der Waals surface area contributed by atoms with Gasteiger partial charge in [-0.25, -0.2) is 18.1 Å². The predicted molar refractivity (Wildman–Crippen MR) is 83.0 cm³/mol. The van der Waals surface area contributed by atoms with E-state index in [0.29, 0.717) is 24.3 Å². The minimum Gasteiger partial charge on any atom is -0.373 e. The number of anilines is 1. The minimum atomic E-state index is -3.32. The normalized spacial score (nSPS) is 11.2. The van der Waals surface area contributed by atoms with Crippen molar-refractivity contribution in [1.82, 2.24) is 15.0 Å². The van der Waals surface area contributed by atoms with Crippen LogP contribution in [0.15, 0.2) is 12.1 Å². The molecule has 0 atom stereocenters. The van der Waals surface area contributed by atoms with Gasteiger partial charge in [0.25, 0.3) is 5.91 Å². The Bertz CT molecular complexity index is 565. The Morgan fingerprint density at radius 3 is 2.57 bits per heavy atom. The molecule has 0 aliphatic carbocycles. The lowest BCUT2D eigenvalue weighted by Gasteiger charge is -2.09. The second-order valence-electron chi connectivity index (χ2n) is 4.41. The van der Waals surface area contributed by atoms with Crippen LogP contribution < -0.4 is 15.4 Å². The van der Waals surface area contributed by atoms with Gasteiger partial charge in [-0.1, -0.05) is 13.8 Å². The molecule has 118 valence electrons. The zero-order chi connectivity index (χ0) is 15.9. The van der Waals surface area contributed by atoms with Crippen LogP contribution in [0.1, 0.15) is 29.9 Å². The van der Waals surface area contributed by atoms with E-state index in [1.165, 1.54) is 0 Å². The molecule has 0 aliphatic rings. The molecule has 1 amide bonds. The molecule has 1 rings (SSSR count). The largest absolute Gasteiger partial charge is 0.373 e. The Balaban J connectivity index is 2.68. The summed E-state index contributed by atoms with van der Waals surface area (Å²) in [6.45, 7) is 4.06. The summed E-state index contributed by atoms with van der Waals surface area (Å²) in [5.74, 6) is 0.159. The molecule has 7 nitrogen and oxygen atoms in total. The van der Waals surface area contributed by atoms with E-state index >= 15 is 0 Å². The first-order chi connectivity index (χ1) is 9.91. The molecular formula is C13H22N4O3S. The summed E-state index contributed by atoms with van der Waals surface area (Å²) in [4.78, 5) is 16.3. The van der Waals surface area contributed by atoms with Gasteiger partial charge in [0.05, 0.1) is 5.75 Å². The van der Waals surface area contributed by atoms with E-state index < -0.39 is 10.0 Å². The fourth-order valence-corrected chi connectivity index (χ4v) is 2.68. The van der Waals surface area contributed by atoms with Crippen molar-refractivity contribution in [3.63, 3.8) is 0 Å². The monoisotopic (exact) mass is 314 g/mol. The average Bonchev–Trinajstić information content (AvgIpc) is 2.46. The number of pyridine rings is 1. The van der Waals surface area contributed by atoms with Crippen LogP contribution in [0.4, 0.5) is 5.82 Å². The quantitative estimate of drug-likeness (QED) is 0.643. The third-order valence-corrected chi connectivity index (χ3v) is 4.25. The Morgan fingerprint density at radius 1 is 1.29 bits per heavy atom. The van der Waals surface area contributed by atoms with Crippen molar-refractivity contribution in [2.45, 2.75) is 20.3 Å². The lowest BCUT2D eigenvalue weighted by atomic mass is 10.2. The summed E-state index contributed by atoms with van der Waals surface area (Å²) >= 11 is 0. The summed E-state index contributed by atoms with van der Waals surface area (Å²) < 4.78 is 25.3. The first-order valence-electron chi connectivity index (χ1n) is 6.86. The van der Waals surface area contributed by atoms with E-state index in [4.69, 9.17) is 0 Å². The van der Waals surface area contributed by atoms with Crippen molar-refractivity contribution in [2.75, 3.05) is 31.2 Å². The molecule has 1 heterocycles. The van der Waals surface area contributed by atoms with Crippen LogP contribution in [0.3, 0.4) is 0 Å². The third kappa shape index (κ3) is 5.68. The topological polar surface area (TPSA) is 100 Å². The number of nitrogens with one attached hydrogen (secondary N) is 3. The standard InChI is InChI=1S/C13H22N4O3S/c1-4-11-8-10(9-12(14-3)17-11)13(18)15-6-7-21(19,20)16-5-2/h8-9,16H,4-7H2,1-3H3,(H,14,17)(H,15,18). The number of nitrogens with zero attached hydrogens (tertiary/aromatic N) is 1. The van der Waals surface area contributed by atoms with Crippen molar-refractivity contribution >= 4 is 21.7 Å². The van der Waals surface area contributed by atoms with E-state index in [-0.39, 0.29) is 18.2 Å². The van der Waals surface area contributed by atoms with Gasteiger partial charge in [0.1, 0.15) is 5.82 Å². The molecule has 0 saturated heterocycles. The van der Waals surface area contributed by atoms with E-state index in [2.05, 4.69) is 20.3 Å². The Labute approximate surface area is 125 Å². The predicted octanol–water partition coefficient (Wildman–Crippen LogP) is 0.355. The Kier molecular flexibility index (Phi) is 6.57. The molecule has 0 aliphatic heterocycles. The fourth-order valence-electron chi connectivity index (χ4n) is 1.72. The van der Waals surface area contributed by atoms with Gasteiger partial charge in [0, 0.05) is 31.4 Å². The van der Waals surface area contributed by atoms with Gasteiger partial charge < -0.3 is 10.6 Å². The second kappa shape index (κ2) is 7.94. The van der Waals surface area contributed by atoms with Crippen molar-refractivity contribution in [2.24, 2.45) is 0 Å². The highest BCUT2D eigenvalue weighted by molar-refractivity contribution is 7.89. The van der Waals surface area contributed by atoms with Crippen LogP contribution in [0.25, 0.3) is 0 Å².